The van der Waals surface area contributed by atoms with Crippen molar-refractivity contribution in [1.29, 1.82) is 0 Å². The molecule has 0 radical (unpaired) electrons. The molecule has 0 spiro atoms. The van der Waals surface area contributed by atoms with Crippen molar-refractivity contribution in [1.82, 2.24) is 14.9 Å². The van der Waals surface area contributed by atoms with Gasteiger partial charge >= 0.3 is 0 Å². The third-order valence-corrected chi connectivity index (χ3v) is 4.58. The molecule has 0 aromatic carbocycles. The van der Waals surface area contributed by atoms with Crippen LogP contribution in [0.25, 0.3) is 0 Å². The molecular weight excluding hydrogens is 250 g/mol. The SMILES string of the molecule is CN1CCN(c2ncnc3c2CCCCC3)C(CN)C1. The topological polar surface area (TPSA) is 58.3 Å². The van der Waals surface area contributed by atoms with Gasteiger partial charge in [-0.3, -0.25) is 0 Å². The van der Waals surface area contributed by atoms with E-state index in [1.165, 1.54) is 30.5 Å². The third-order valence-electron chi connectivity index (χ3n) is 4.58. The van der Waals surface area contributed by atoms with Gasteiger partial charge in [0.2, 0.25) is 0 Å². The highest BCUT2D eigenvalue weighted by molar-refractivity contribution is 5.50. The molecule has 1 saturated heterocycles. The van der Waals surface area contributed by atoms with Crippen LogP contribution >= 0.6 is 0 Å². The molecule has 0 saturated carbocycles. The normalized spacial score (nSPS) is 24.3. The van der Waals surface area contributed by atoms with Gasteiger partial charge in [-0.15, -0.1) is 0 Å². The number of nitrogens with zero attached hydrogens (tertiary/aromatic N) is 4. The Morgan fingerprint density at radius 1 is 1.20 bits per heavy atom. The summed E-state index contributed by atoms with van der Waals surface area (Å²) in [4.78, 5) is 13.9. The second-order valence-corrected chi connectivity index (χ2v) is 6.03. The molecule has 1 aromatic heterocycles. The van der Waals surface area contributed by atoms with Gasteiger partial charge in [0.15, 0.2) is 0 Å². The van der Waals surface area contributed by atoms with E-state index in [1.807, 2.05) is 0 Å². The van der Waals surface area contributed by atoms with E-state index in [9.17, 15) is 0 Å². The van der Waals surface area contributed by atoms with Crippen molar-refractivity contribution in [2.24, 2.45) is 5.73 Å². The first-order valence-electron chi connectivity index (χ1n) is 7.77. The Kier molecular flexibility index (Phi) is 4.17. The van der Waals surface area contributed by atoms with Crippen molar-refractivity contribution in [3.63, 3.8) is 0 Å². The summed E-state index contributed by atoms with van der Waals surface area (Å²) in [6.07, 6.45) is 7.78. The number of fused-ring (bicyclic) bond motifs is 1. The van der Waals surface area contributed by atoms with Crippen molar-refractivity contribution >= 4 is 5.82 Å². The van der Waals surface area contributed by atoms with Crippen LogP contribution in [0.4, 0.5) is 5.82 Å². The highest BCUT2D eigenvalue weighted by atomic mass is 15.3. The fourth-order valence-corrected chi connectivity index (χ4v) is 3.42. The number of piperazine rings is 1. The predicted molar refractivity (Wildman–Crippen MR) is 81.0 cm³/mol. The van der Waals surface area contributed by atoms with Crippen LogP contribution in [0.3, 0.4) is 0 Å². The summed E-state index contributed by atoms with van der Waals surface area (Å²) in [5, 5.41) is 0. The van der Waals surface area contributed by atoms with E-state index in [0.717, 1.165) is 38.3 Å². The Morgan fingerprint density at radius 3 is 2.90 bits per heavy atom. The minimum Gasteiger partial charge on any atom is -0.349 e. The largest absolute Gasteiger partial charge is 0.349 e. The maximum atomic E-state index is 5.99. The molecular formula is C15H25N5. The van der Waals surface area contributed by atoms with Crippen molar-refractivity contribution in [3.05, 3.63) is 17.6 Å². The van der Waals surface area contributed by atoms with Gasteiger partial charge in [-0.05, 0) is 32.7 Å². The van der Waals surface area contributed by atoms with Gasteiger partial charge in [0.1, 0.15) is 12.1 Å². The number of aromatic nitrogens is 2. The number of anilines is 1. The number of hydrogen-bond donors (Lipinski definition) is 1. The molecule has 110 valence electrons. The fraction of sp³-hybridized carbons (Fsp3) is 0.733. The number of aryl methyl sites for hydroxylation is 1. The van der Waals surface area contributed by atoms with Crippen LogP contribution in [-0.4, -0.2) is 54.1 Å². The molecule has 1 fully saturated rings. The van der Waals surface area contributed by atoms with E-state index in [-0.39, 0.29) is 0 Å². The zero-order valence-corrected chi connectivity index (χ0v) is 12.4. The molecule has 1 aliphatic carbocycles. The van der Waals surface area contributed by atoms with Gasteiger partial charge in [-0.1, -0.05) is 6.42 Å². The first-order chi connectivity index (χ1) is 9.79. The first-order valence-corrected chi connectivity index (χ1v) is 7.77. The molecule has 1 unspecified atom stereocenters. The second-order valence-electron chi connectivity index (χ2n) is 6.03. The van der Waals surface area contributed by atoms with Crippen LogP contribution in [-0.2, 0) is 12.8 Å². The van der Waals surface area contributed by atoms with E-state index in [0.29, 0.717) is 12.6 Å². The summed E-state index contributed by atoms with van der Waals surface area (Å²) >= 11 is 0. The summed E-state index contributed by atoms with van der Waals surface area (Å²) in [5.41, 5.74) is 8.64. The molecule has 0 amide bonds. The lowest BCUT2D eigenvalue weighted by Crippen LogP contribution is -2.55. The molecule has 2 N–H and O–H groups in total. The average Bonchev–Trinajstić information content (AvgIpc) is 2.72. The van der Waals surface area contributed by atoms with E-state index >= 15 is 0 Å². The lowest BCUT2D eigenvalue weighted by Gasteiger charge is -2.41. The second kappa shape index (κ2) is 6.06. The zero-order chi connectivity index (χ0) is 13.9. The maximum absolute atomic E-state index is 5.99. The Balaban J connectivity index is 1.93. The molecule has 5 heteroatoms. The van der Waals surface area contributed by atoms with Crippen molar-refractivity contribution < 1.29 is 0 Å². The lowest BCUT2D eigenvalue weighted by atomic mass is 10.1. The highest BCUT2D eigenvalue weighted by Crippen LogP contribution is 2.28. The predicted octanol–water partition coefficient (Wildman–Crippen LogP) is 0.825. The summed E-state index contributed by atoms with van der Waals surface area (Å²) in [6.45, 7) is 3.80. The van der Waals surface area contributed by atoms with Crippen molar-refractivity contribution in [2.45, 2.75) is 38.1 Å². The summed E-state index contributed by atoms with van der Waals surface area (Å²) in [7, 11) is 2.17. The molecule has 1 aromatic rings. The van der Waals surface area contributed by atoms with Gasteiger partial charge in [0, 0.05) is 37.4 Å². The Morgan fingerprint density at radius 2 is 2.05 bits per heavy atom. The quantitative estimate of drug-likeness (QED) is 0.810. The minimum absolute atomic E-state index is 0.371. The van der Waals surface area contributed by atoms with E-state index < -0.39 is 0 Å². The molecule has 20 heavy (non-hydrogen) atoms. The van der Waals surface area contributed by atoms with Crippen molar-refractivity contribution in [2.75, 3.05) is 38.1 Å². The maximum Gasteiger partial charge on any atom is 0.135 e. The molecule has 0 bridgehead atoms. The molecule has 1 aliphatic heterocycles. The summed E-state index contributed by atoms with van der Waals surface area (Å²) in [6, 6.07) is 0.371. The Hall–Kier alpha value is -1.20. The van der Waals surface area contributed by atoms with Crippen LogP contribution in [0.1, 0.15) is 30.5 Å². The summed E-state index contributed by atoms with van der Waals surface area (Å²) in [5.74, 6) is 1.15. The van der Waals surface area contributed by atoms with Gasteiger partial charge in [-0.25, -0.2) is 9.97 Å². The molecule has 3 rings (SSSR count). The van der Waals surface area contributed by atoms with E-state index in [4.69, 9.17) is 5.73 Å². The van der Waals surface area contributed by atoms with Gasteiger partial charge in [0.05, 0.1) is 6.04 Å². The minimum atomic E-state index is 0.371. The molecule has 5 nitrogen and oxygen atoms in total. The number of nitrogens with two attached hydrogens (primary N) is 1. The Labute approximate surface area is 121 Å². The van der Waals surface area contributed by atoms with E-state index in [2.05, 4.69) is 26.8 Å². The van der Waals surface area contributed by atoms with Crippen LogP contribution in [0.15, 0.2) is 6.33 Å². The van der Waals surface area contributed by atoms with Crippen LogP contribution in [0.2, 0.25) is 0 Å². The zero-order valence-electron chi connectivity index (χ0n) is 12.4. The number of rotatable bonds is 2. The van der Waals surface area contributed by atoms with Crippen LogP contribution in [0, 0.1) is 0 Å². The van der Waals surface area contributed by atoms with Crippen molar-refractivity contribution in [3.8, 4) is 0 Å². The smallest absolute Gasteiger partial charge is 0.135 e. The first kappa shape index (κ1) is 13.8. The number of likely N-dealkylation sites (N-methyl/N-ethyl adjacent to an activating group) is 1. The Bertz CT molecular complexity index is 462. The van der Waals surface area contributed by atoms with Gasteiger partial charge < -0.3 is 15.5 Å². The van der Waals surface area contributed by atoms with Gasteiger partial charge in [0.25, 0.3) is 0 Å². The molecule has 1 atom stereocenters. The monoisotopic (exact) mass is 275 g/mol. The third kappa shape index (κ3) is 2.65. The lowest BCUT2D eigenvalue weighted by molar-refractivity contribution is 0.268. The average molecular weight is 275 g/mol. The standard InChI is InChI=1S/C15H25N5/c1-19-7-8-20(12(9-16)10-19)15-13-5-3-2-4-6-14(13)17-11-18-15/h11-12H,2-10,16H2,1H3. The molecule has 2 heterocycles. The number of hydrogen-bond acceptors (Lipinski definition) is 5. The van der Waals surface area contributed by atoms with Gasteiger partial charge in [-0.2, -0.15) is 0 Å². The molecule has 2 aliphatic rings. The van der Waals surface area contributed by atoms with Crippen LogP contribution < -0.4 is 10.6 Å². The van der Waals surface area contributed by atoms with Crippen LogP contribution in [0.5, 0.6) is 0 Å². The highest BCUT2D eigenvalue weighted by Gasteiger charge is 2.28. The van der Waals surface area contributed by atoms with E-state index in [1.54, 1.807) is 6.33 Å². The fourth-order valence-electron chi connectivity index (χ4n) is 3.42. The summed E-state index contributed by atoms with van der Waals surface area (Å²) < 4.78 is 0.